The lowest BCUT2D eigenvalue weighted by Gasteiger charge is -2.53. The fraction of sp³-hybridized carbons (Fsp3) is 0.565. The van der Waals surface area contributed by atoms with E-state index < -0.39 is 11.6 Å². The first kappa shape index (κ1) is 41.9. The lowest BCUT2D eigenvalue weighted by Crippen LogP contribution is -2.57. The molecule has 2 aromatic carbocycles. The number of imide groups is 1. The molecule has 62 heavy (non-hydrogen) atoms. The summed E-state index contributed by atoms with van der Waals surface area (Å²) in [5.41, 5.74) is 3.30. The Labute approximate surface area is 363 Å². The third kappa shape index (κ3) is 8.50. The number of nitrogens with one attached hydrogen (secondary N) is 4. The van der Waals surface area contributed by atoms with Crippen molar-refractivity contribution in [1.82, 2.24) is 25.5 Å². The van der Waals surface area contributed by atoms with E-state index in [0.717, 1.165) is 94.7 Å². The summed E-state index contributed by atoms with van der Waals surface area (Å²) in [5, 5.41) is 23.8. The number of methoxy groups -OCH3 is 1. The average molecular weight is 849 g/mol. The number of ether oxygens (including phenoxy) is 1. The summed E-state index contributed by atoms with van der Waals surface area (Å²) in [4.78, 5) is 68.2. The van der Waals surface area contributed by atoms with Gasteiger partial charge in [0, 0.05) is 62.1 Å². The molecule has 5 N–H and O–H groups in total. The van der Waals surface area contributed by atoms with Crippen LogP contribution in [0.4, 0.5) is 34.5 Å². The number of β-amino-alcohol motifs (C(OH)–C–C–N with tert-alkyl or cyclic N) is 1. The van der Waals surface area contributed by atoms with Gasteiger partial charge in [0.05, 0.1) is 24.6 Å². The molecule has 1 aromatic heterocycles. The molecular formula is C46H60N10O6. The van der Waals surface area contributed by atoms with Crippen molar-refractivity contribution in [2.24, 2.45) is 5.41 Å². The zero-order valence-corrected chi connectivity index (χ0v) is 36.1. The number of nitrogens with zero attached hydrogens (tertiary/aromatic N) is 6. The number of aliphatic hydroxyl groups is 1. The van der Waals surface area contributed by atoms with E-state index in [0.29, 0.717) is 60.9 Å². The highest BCUT2D eigenvalue weighted by molar-refractivity contribution is 6.04. The van der Waals surface area contributed by atoms with E-state index in [2.05, 4.69) is 41.0 Å². The number of anilines is 6. The summed E-state index contributed by atoms with van der Waals surface area (Å²) in [6.07, 6.45) is 12.3. The van der Waals surface area contributed by atoms with Crippen LogP contribution in [0.15, 0.2) is 48.7 Å². The number of carbonyl (C=O) groups excluding carboxylic acids is 4. The number of hydrogen-bond donors (Lipinski definition) is 5. The SMILES string of the molecule is COc1cc(C(=O)NC2CC3(CCN(CC4(O)CCN(c5ccc(NC6CCC(=O)NC6=O)cc5)CC4)CC3)C2)ccc1Nc1ncc2c(n1)N(C1CCCC1)[C@H](C)C(=O)N2C. The second-order valence-electron chi connectivity index (χ2n) is 18.6. The Morgan fingerprint density at radius 2 is 1.69 bits per heavy atom. The van der Waals surface area contributed by atoms with Crippen LogP contribution in [0.3, 0.4) is 0 Å². The van der Waals surface area contributed by atoms with Crippen molar-refractivity contribution in [2.75, 3.05) is 72.2 Å². The quantitative estimate of drug-likeness (QED) is 0.170. The largest absolute Gasteiger partial charge is 0.495 e. The topological polar surface area (TPSA) is 185 Å². The highest BCUT2D eigenvalue weighted by Crippen LogP contribution is 2.49. The standard InChI is InChI=1S/C46H60N10O6/c1-29-43(60)53(2)37-27-47-44(52-40(37)56(29)34-6-4-5-7-34)50-35-13-8-30(24-38(35)62-3)41(58)49-32-25-45(26-32)16-20-54(21-17-45)28-46(61)18-22-55(23-19-46)33-11-9-31(10-12-33)48-36-14-15-39(57)51-42(36)59/h8-13,24,27,29,32,34,36,48,61H,4-7,14-23,25-26,28H2,1-3H3,(H,49,58)(H,47,50,52)(H,51,57,59)/t29-,36?/m1/s1. The molecule has 6 aliphatic rings. The van der Waals surface area contributed by atoms with E-state index in [-0.39, 0.29) is 47.2 Å². The molecule has 9 rings (SSSR count). The van der Waals surface area contributed by atoms with Gasteiger partial charge in [0.25, 0.3) is 5.91 Å². The lowest BCUT2D eigenvalue weighted by molar-refractivity contribution is -0.133. The third-order valence-corrected chi connectivity index (χ3v) is 14.5. The number of piperidine rings is 3. The van der Waals surface area contributed by atoms with Gasteiger partial charge in [0.2, 0.25) is 23.7 Å². The van der Waals surface area contributed by atoms with Crippen LogP contribution in [0.5, 0.6) is 5.75 Å². The van der Waals surface area contributed by atoms with E-state index in [1.807, 2.05) is 37.3 Å². The number of likely N-dealkylation sites (N-methyl/N-ethyl adjacent to an activating group) is 1. The average Bonchev–Trinajstić information content (AvgIpc) is 3.79. The van der Waals surface area contributed by atoms with E-state index in [9.17, 15) is 24.3 Å². The molecule has 2 saturated carbocycles. The van der Waals surface area contributed by atoms with Crippen molar-refractivity contribution in [3.05, 3.63) is 54.2 Å². The smallest absolute Gasteiger partial charge is 0.251 e. The molecule has 0 bridgehead atoms. The summed E-state index contributed by atoms with van der Waals surface area (Å²) in [6, 6.07) is 13.0. The first-order chi connectivity index (χ1) is 29.9. The number of benzene rings is 2. The Kier molecular flexibility index (Phi) is 11.5. The first-order valence-corrected chi connectivity index (χ1v) is 22.5. The predicted molar refractivity (Wildman–Crippen MR) is 237 cm³/mol. The van der Waals surface area contributed by atoms with Crippen LogP contribution >= 0.6 is 0 Å². The number of carbonyl (C=O) groups is 4. The molecule has 1 unspecified atom stereocenters. The van der Waals surface area contributed by atoms with Gasteiger partial charge in [0.1, 0.15) is 23.5 Å². The monoisotopic (exact) mass is 848 g/mol. The summed E-state index contributed by atoms with van der Waals surface area (Å²) in [5.74, 6) is 1.06. The molecular weight excluding hydrogens is 789 g/mol. The van der Waals surface area contributed by atoms with Gasteiger partial charge in [-0.1, -0.05) is 12.8 Å². The third-order valence-electron chi connectivity index (χ3n) is 14.5. The molecule has 5 heterocycles. The van der Waals surface area contributed by atoms with Gasteiger partial charge in [-0.2, -0.15) is 4.98 Å². The van der Waals surface area contributed by atoms with Crippen LogP contribution in [0.25, 0.3) is 0 Å². The van der Waals surface area contributed by atoms with Crippen molar-refractivity contribution >= 4 is 58.1 Å². The summed E-state index contributed by atoms with van der Waals surface area (Å²) < 4.78 is 5.73. The molecule has 16 heteroatoms. The molecule has 4 amide bonds. The van der Waals surface area contributed by atoms with Gasteiger partial charge >= 0.3 is 0 Å². The van der Waals surface area contributed by atoms with Crippen LogP contribution < -0.4 is 40.7 Å². The van der Waals surface area contributed by atoms with Crippen molar-refractivity contribution in [3.63, 3.8) is 0 Å². The molecule has 3 saturated heterocycles. The highest BCUT2D eigenvalue weighted by Gasteiger charge is 2.47. The number of aromatic nitrogens is 2. The lowest BCUT2D eigenvalue weighted by atomic mass is 9.60. The fourth-order valence-electron chi connectivity index (χ4n) is 10.8. The molecule has 3 aromatic rings. The van der Waals surface area contributed by atoms with Gasteiger partial charge in [-0.05, 0) is 126 Å². The van der Waals surface area contributed by atoms with Crippen molar-refractivity contribution < 1.29 is 29.0 Å². The van der Waals surface area contributed by atoms with Gasteiger partial charge < -0.3 is 45.4 Å². The highest BCUT2D eigenvalue weighted by atomic mass is 16.5. The molecule has 330 valence electrons. The second kappa shape index (κ2) is 17.0. The summed E-state index contributed by atoms with van der Waals surface area (Å²) >= 11 is 0. The van der Waals surface area contributed by atoms with Crippen LogP contribution in [0, 0.1) is 5.41 Å². The van der Waals surface area contributed by atoms with E-state index in [1.165, 1.54) is 0 Å². The molecule has 2 atom stereocenters. The van der Waals surface area contributed by atoms with Crippen molar-refractivity contribution in [2.45, 2.75) is 114 Å². The molecule has 0 radical (unpaired) electrons. The van der Waals surface area contributed by atoms with Gasteiger partial charge in [-0.15, -0.1) is 0 Å². The molecule has 16 nitrogen and oxygen atoms in total. The Balaban J connectivity index is 0.728. The normalized spacial score (nSPS) is 24.1. The molecule has 4 aliphatic heterocycles. The maximum Gasteiger partial charge on any atom is 0.251 e. The van der Waals surface area contributed by atoms with Gasteiger partial charge in [0.15, 0.2) is 5.82 Å². The van der Waals surface area contributed by atoms with Crippen molar-refractivity contribution in [3.8, 4) is 5.75 Å². The summed E-state index contributed by atoms with van der Waals surface area (Å²) in [6.45, 7) is 6.05. The van der Waals surface area contributed by atoms with Crippen LogP contribution in [0.1, 0.15) is 94.3 Å². The first-order valence-electron chi connectivity index (χ1n) is 22.5. The molecule has 2 aliphatic carbocycles. The van der Waals surface area contributed by atoms with E-state index >= 15 is 0 Å². The second-order valence-corrected chi connectivity index (χ2v) is 18.6. The van der Waals surface area contributed by atoms with Crippen LogP contribution in [-0.4, -0.2) is 120 Å². The maximum atomic E-state index is 13.5. The van der Waals surface area contributed by atoms with Gasteiger partial charge in [-0.3, -0.25) is 24.5 Å². The molecule has 5 fully saturated rings. The Morgan fingerprint density at radius 1 is 0.968 bits per heavy atom. The minimum absolute atomic E-state index is 0.0392. The fourth-order valence-corrected chi connectivity index (χ4v) is 10.8. The number of rotatable bonds is 11. The Morgan fingerprint density at radius 3 is 2.39 bits per heavy atom. The molecule has 1 spiro atoms. The zero-order chi connectivity index (χ0) is 43.2. The van der Waals surface area contributed by atoms with Gasteiger partial charge in [-0.25, -0.2) is 4.98 Å². The predicted octanol–water partition coefficient (Wildman–Crippen LogP) is 4.57. The van der Waals surface area contributed by atoms with Crippen LogP contribution in [-0.2, 0) is 14.4 Å². The number of hydrogen-bond acceptors (Lipinski definition) is 13. The number of amides is 4. The van der Waals surface area contributed by atoms with Crippen molar-refractivity contribution in [1.29, 1.82) is 0 Å². The van der Waals surface area contributed by atoms with Crippen LogP contribution in [0.2, 0.25) is 0 Å². The minimum atomic E-state index is -0.725. The zero-order valence-electron chi connectivity index (χ0n) is 36.1. The Hall–Kier alpha value is -5.48. The maximum absolute atomic E-state index is 13.5. The van der Waals surface area contributed by atoms with E-state index in [4.69, 9.17) is 9.72 Å². The van der Waals surface area contributed by atoms with E-state index in [1.54, 1.807) is 37.4 Å². The Bertz CT molecular complexity index is 2170. The summed E-state index contributed by atoms with van der Waals surface area (Å²) in [7, 11) is 3.35. The number of likely N-dealkylation sites (tertiary alicyclic amines) is 1. The minimum Gasteiger partial charge on any atom is -0.495 e. The number of fused-ring (bicyclic) bond motifs is 1.